The predicted octanol–water partition coefficient (Wildman–Crippen LogP) is 3.41. The van der Waals surface area contributed by atoms with Gasteiger partial charge in [0, 0.05) is 32.0 Å². The molecule has 2 atom stereocenters. The first-order chi connectivity index (χ1) is 15.2. The Hall–Kier alpha value is -2.67. The number of nitrogens with one attached hydrogen (secondary N) is 1. The van der Waals surface area contributed by atoms with Crippen LogP contribution in [-0.2, 0) is 13.0 Å². The Morgan fingerprint density at radius 3 is 2.97 bits per heavy atom. The first-order valence-electron chi connectivity index (χ1n) is 11.6. The highest BCUT2D eigenvalue weighted by Crippen LogP contribution is 2.34. The summed E-state index contributed by atoms with van der Waals surface area (Å²) in [5.74, 6) is 2.50. The molecule has 162 valence electrons. The first kappa shape index (κ1) is 19.0. The van der Waals surface area contributed by atoms with Gasteiger partial charge in [0.15, 0.2) is 5.65 Å². The maximum absolute atomic E-state index is 12.8. The number of rotatable bonds is 4. The van der Waals surface area contributed by atoms with Gasteiger partial charge in [-0.25, -0.2) is 9.67 Å². The second kappa shape index (κ2) is 7.48. The van der Waals surface area contributed by atoms with Crippen LogP contribution in [0.25, 0.3) is 11.0 Å². The van der Waals surface area contributed by atoms with Crippen molar-refractivity contribution in [2.75, 3.05) is 19.7 Å². The third kappa shape index (κ3) is 3.35. The van der Waals surface area contributed by atoms with E-state index in [-0.39, 0.29) is 11.5 Å². The molecule has 0 spiro atoms. The Morgan fingerprint density at radius 1 is 1.23 bits per heavy atom. The third-order valence-electron chi connectivity index (χ3n) is 7.35. The molecule has 6 rings (SSSR count). The molecule has 1 aromatic carbocycles. The zero-order chi connectivity index (χ0) is 20.9. The molecule has 0 unspecified atom stereocenters. The van der Waals surface area contributed by atoms with Crippen LogP contribution in [0.4, 0.5) is 0 Å². The summed E-state index contributed by atoms with van der Waals surface area (Å²) in [5.41, 5.74) is 3.34. The van der Waals surface area contributed by atoms with Crippen molar-refractivity contribution in [1.82, 2.24) is 24.6 Å². The molecule has 4 heterocycles. The highest BCUT2D eigenvalue weighted by molar-refractivity contribution is 5.73. The summed E-state index contributed by atoms with van der Waals surface area (Å²) in [6.07, 6.45) is 7.39. The fourth-order valence-electron chi connectivity index (χ4n) is 5.69. The van der Waals surface area contributed by atoms with Gasteiger partial charge in [0.25, 0.3) is 5.56 Å². The average molecular weight is 420 g/mol. The van der Waals surface area contributed by atoms with Gasteiger partial charge in [-0.15, -0.1) is 0 Å². The van der Waals surface area contributed by atoms with Gasteiger partial charge in [0.2, 0.25) is 0 Å². The van der Waals surface area contributed by atoms with Gasteiger partial charge >= 0.3 is 0 Å². The average Bonchev–Trinajstić information content (AvgIpc) is 3.54. The number of ether oxygens (including phenoxy) is 1. The quantitative estimate of drug-likeness (QED) is 0.701. The van der Waals surface area contributed by atoms with Crippen LogP contribution in [0.3, 0.4) is 0 Å². The summed E-state index contributed by atoms with van der Waals surface area (Å²) in [6.45, 7) is 5.88. The minimum Gasteiger partial charge on any atom is -0.493 e. The van der Waals surface area contributed by atoms with E-state index in [1.807, 2.05) is 4.68 Å². The molecule has 1 N–H and O–H groups in total. The van der Waals surface area contributed by atoms with Crippen molar-refractivity contribution in [3.05, 3.63) is 51.7 Å². The summed E-state index contributed by atoms with van der Waals surface area (Å²) in [6, 6.07) is 6.94. The van der Waals surface area contributed by atoms with Crippen LogP contribution >= 0.6 is 0 Å². The van der Waals surface area contributed by atoms with Gasteiger partial charge in [-0.1, -0.05) is 31.9 Å². The normalized spacial score (nSPS) is 24.2. The van der Waals surface area contributed by atoms with Crippen LogP contribution in [0.2, 0.25) is 0 Å². The lowest BCUT2D eigenvalue weighted by atomic mass is 9.97. The lowest BCUT2D eigenvalue weighted by Gasteiger charge is -2.17. The number of nitrogens with zero attached hydrogens (tertiary/aromatic N) is 4. The molecular formula is C24H29N5O2. The Morgan fingerprint density at radius 2 is 2.10 bits per heavy atom. The summed E-state index contributed by atoms with van der Waals surface area (Å²) in [7, 11) is 0. The minimum atomic E-state index is -0.0616. The van der Waals surface area contributed by atoms with E-state index in [2.05, 4.69) is 40.1 Å². The molecule has 0 amide bonds. The van der Waals surface area contributed by atoms with Gasteiger partial charge in [-0.3, -0.25) is 9.69 Å². The smallest absolute Gasteiger partial charge is 0.262 e. The number of aromatic nitrogens is 4. The molecule has 3 aliphatic rings. The van der Waals surface area contributed by atoms with E-state index in [1.54, 1.807) is 6.20 Å². The number of hydrogen-bond donors (Lipinski definition) is 1. The van der Waals surface area contributed by atoms with Gasteiger partial charge < -0.3 is 9.72 Å². The van der Waals surface area contributed by atoms with Crippen molar-refractivity contribution in [3.63, 3.8) is 0 Å². The standard InChI is InChI=1S/C24H29N5O2/c1-15-12-28(13-16-6-7-21-17(10-16)8-9-31-21)14-20(15)22-26-23-19(24(30)27-22)11-25-29(23)18-4-2-3-5-18/h6-7,10-11,15,18,20H,2-5,8-9,12-14H2,1H3,(H,26,27,30)/t15-,20-/m1/s1. The molecular weight excluding hydrogens is 390 g/mol. The highest BCUT2D eigenvalue weighted by Gasteiger charge is 2.33. The van der Waals surface area contributed by atoms with Crippen molar-refractivity contribution in [2.45, 2.75) is 57.5 Å². The van der Waals surface area contributed by atoms with E-state index in [0.29, 0.717) is 17.3 Å². The van der Waals surface area contributed by atoms with E-state index < -0.39 is 0 Å². The number of fused-ring (bicyclic) bond motifs is 2. The molecule has 7 heteroatoms. The van der Waals surface area contributed by atoms with Gasteiger partial charge in [-0.2, -0.15) is 5.10 Å². The van der Waals surface area contributed by atoms with Gasteiger partial charge in [0.05, 0.1) is 18.8 Å². The molecule has 1 saturated heterocycles. The monoisotopic (exact) mass is 419 g/mol. The molecule has 31 heavy (non-hydrogen) atoms. The molecule has 2 aliphatic heterocycles. The topological polar surface area (TPSA) is 76.0 Å². The Labute approximate surface area is 181 Å². The number of aromatic amines is 1. The molecule has 1 saturated carbocycles. The van der Waals surface area contributed by atoms with E-state index in [9.17, 15) is 4.79 Å². The fraction of sp³-hybridized carbons (Fsp3) is 0.542. The maximum atomic E-state index is 12.8. The third-order valence-corrected chi connectivity index (χ3v) is 7.35. The molecule has 0 bridgehead atoms. The number of likely N-dealkylation sites (tertiary alicyclic amines) is 1. The van der Waals surface area contributed by atoms with Crippen LogP contribution in [0.1, 0.15) is 61.5 Å². The minimum absolute atomic E-state index is 0.0616. The van der Waals surface area contributed by atoms with Crippen LogP contribution in [0.5, 0.6) is 5.75 Å². The van der Waals surface area contributed by atoms with Crippen molar-refractivity contribution >= 4 is 11.0 Å². The van der Waals surface area contributed by atoms with E-state index in [1.165, 1.54) is 24.0 Å². The van der Waals surface area contributed by atoms with Crippen LogP contribution in [0.15, 0.2) is 29.2 Å². The van der Waals surface area contributed by atoms with Crippen LogP contribution in [0, 0.1) is 5.92 Å². The second-order valence-corrected chi connectivity index (χ2v) is 9.53. The van der Waals surface area contributed by atoms with Crippen molar-refractivity contribution in [1.29, 1.82) is 0 Å². The summed E-state index contributed by atoms with van der Waals surface area (Å²) in [4.78, 5) is 23.3. The zero-order valence-corrected chi connectivity index (χ0v) is 18.0. The summed E-state index contributed by atoms with van der Waals surface area (Å²) in [5, 5.41) is 5.15. The Balaban J connectivity index is 1.26. The zero-order valence-electron chi connectivity index (χ0n) is 18.0. The van der Waals surface area contributed by atoms with E-state index >= 15 is 0 Å². The van der Waals surface area contributed by atoms with Crippen molar-refractivity contribution in [3.8, 4) is 5.75 Å². The molecule has 2 fully saturated rings. The van der Waals surface area contributed by atoms with Gasteiger partial charge in [0.1, 0.15) is 17.0 Å². The molecule has 1 aliphatic carbocycles. The number of hydrogen-bond acceptors (Lipinski definition) is 5. The Bertz CT molecular complexity index is 1180. The second-order valence-electron chi connectivity index (χ2n) is 9.53. The lowest BCUT2D eigenvalue weighted by molar-refractivity contribution is 0.318. The summed E-state index contributed by atoms with van der Waals surface area (Å²) >= 11 is 0. The Kier molecular flexibility index (Phi) is 4.60. The molecule has 0 radical (unpaired) electrons. The van der Waals surface area contributed by atoms with Crippen LogP contribution < -0.4 is 10.3 Å². The fourth-order valence-corrected chi connectivity index (χ4v) is 5.69. The van der Waals surface area contributed by atoms with Crippen LogP contribution in [-0.4, -0.2) is 44.3 Å². The SMILES string of the molecule is C[C@@H]1CN(Cc2ccc3c(c2)CCO3)C[C@H]1c1nc2c(cnn2C2CCCC2)c(=O)[nH]1. The number of benzene rings is 1. The van der Waals surface area contributed by atoms with E-state index in [0.717, 1.165) is 62.7 Å². The molecule has 7 nitrogen and oxygen atoms in total. The lowest BCUT2D eigenvalue weighted by Crippen LogP contribution is -2.21. The van der Waals surface area contributed by atoms with Crippen molar-refractivity contribution in [2.24, 2.45) is 5.92 Å². The highest BCUT2D eigenvalue weighted by atomic mass is 16.5. The molecule has 3 aromatic rings. The molecule has 2 aromatic heterocycles. The summed E-state index contributed by atoms with van der Waals surface area (Å²) < 4.78 is 7.64. The van der Waals surface area contributed by atoms with Gasteiger partial charge in [-0.05, 0) is 36.0 Å². The maximum Gasteiger partial charge on any atom is 0.262 e. The predicted molar refractivity (Wildman–Crippen MR) is 118 cm³/mol. The van der Waals surface area contributed by atoms with E-state index in [4.69, 9.17) is 9.72 Å². The number of H-pyrrole nitrogens is 1. The first-order valence-corrected chi connectivity index (χ1v) is 11.6. The van der Waals surface area contributed by atoms with Crippen molar-refractivity contribution < 1.29 is 4.74 Å². The largest absolute Gasteiger partial charge is 0.493 e.